The normalized spacial score (nSPS) is 27.0. The summed E-state index contributed by atoms with van der Waals surface area (Å²) in [7, 11) is 0. The van der Waals surface area contributed by atoms with E-state index in [1.54, 1.807) is 0 Å². The van der Waals surface area contributed by atoms with Crippen molar-refractivity contribution in [1.29, 1.82) is 0 Å². The van der Waals surface area contributed by atoms with E-state index in [4.69, 9.17) is 0 Å². The molecule has 1 fully saturated rings. The standard InChI is InChI=1S/C15H31NO/c1-12(2)10-14-6-5-7-15(11-13(3)4)16(14)8-9-17/h12-15,17H,5-11H2,1-4H3/t14-,15-/m1/s1. The van der Waals surface area contributed by atoms with Crippen molar-refractivity contribution in [3.63, 3.8) is 0 Å². The predicted octanol–water partition coefficient (Wildman–Crippen LogP) is 3.29. The molecule has 0 unspecified atom stereocenters. The van der Waals surface area contributed by atoms with E-state index in [1.165, 1.54) is 32.1 Å². The van der Waals surface area contributed by atoms with Gasteiger partial charge in [-0.15, -0.1) is 0 Å². The minimum atomic E-state index is 0.309. The highest BCUT2D eigenvalue weighted by Gasteiger charge is 2.30. The van der Waals surface area contributed by atoms with Gasteiger partial charge in [0.05, 0.1) is 6.61 Å². The predicted molar refractivity (Wildman–Crippen MR) is 74.1 cm³/mol. The highest BCUT2D eigenvalue weighted by Crippen LogP contribution is 2.30. The van der Waals surface area contributed by atoms with E-state index >= 15 is 0 Å². The van der Waals surface area contributed by atoms with Crippen molar-refractivity contribution < 1.29 is 5.11 Å². The zero-order valence-electron chi connectivity index (χ0n) is 12.2. The highest BCUT2D eigenvalue weighted by atomic mass is 16.3. The largest absolute Gasteiger partial charge is 0.395 e. The Hall–Kier alpha value is -0.0800. The molecule has 0 aliphatic carbocycles. The van der Waals surface area contributed by atoms with E-state index in [1.807, 2.05) is 0 Å². The fourth-order valence-electron chi connectivity index (χ4n) is 3.29. The van der Waals surface area contributed by atoms with E-state index in [0.717, 1.165) is 18.4 Å². The van der Waals surface area contributed by atoms with Gasteiger partial charge in [0.25, 0.3) is 0 Å². The van der Waals surface area contributed by atoms with Crippen molar-refractivity contribution in [3.8, 4) is 0 Å². The van der Waals surface area contributed by atoms with Gasteiger partial charge < -0.3 is 5.11 Å². The van der Waals surface area contributed by atoms with Crippen molar-refractivity contribution >= 4 is 0 Å². The Morgan fingerprint density at radius 1 is 1.00 bits per heavy atom. The van der Waals surface area contributed by atoms with Crippen LogP contribution in [0.25, 0.3) is 0 Å². The highest BCUT2D eigenvalue weighted by molar-refractivity contribution is 4.85. The van der Waals surface area contributed by atoms with E-state index in [9.17, 15) is 5.11 Å². The molecule has 0 aromatic carbocycles. The molecule has 17 heavy (non-hydrogen) atoms. The van der Waals surface area contributed by atoms with Crippen molar-refractivity contribution in [2.45, 2.75) is 71.9 Å². The molecule has 1 heterocycles. The fourth-order valence-corrected chi connectivity index (χ4v) is 3.29. The van der Waals surface area contributed by atoms with Crippen LogP contribution in [-0.4, -0.2) is 35.2 Å². The Balaban J connectivity index is 2.62. The first-order valence-corrected chi connectivity index (χ1v) is 7.41. The molecule has 0 spiro atoms. The first-order chi connectivity index (χ1) is 8.04. The SMILES string of the molecule is CC(C)C[C@H]1CCC[C@H](CC(C)C)N1CCO. The molecular weight excluding hydrogens is 210 g/mol. The van der Waals surface area contributed by atoms with E-state index in [-0.39, 0.29) is 0 Å². The zero-order chi connectivity index (χ0) is 12.8. The lowest BCUT2D eigenvalue weighted by atomic mass is 9.87. The van der Waals surface area contributed by atoms with Crippen LogP contribution in [-0.2, 0) is 0 Å². The van der Waals surface area contributed by atoms with E-state index in [0.29, 0.717) is 18.7 Å². The number of aliphatic hydroxyl groups is 1. The van der Waals surface area contributed by atoms with Crippen LogP contribution in [0.3, 0.4) is 0 Å². The smallest absolute Gasteiger partial charge is 0.0558 e. The van der Waals surface area contributed by atoms with Crippen molar-refractivity contribution in [3.05, 3.63) is 0 Å². The number of rotatable bonds is 6. The van der Waals surface area contributed by atoms with Crippen LogP contribution in [0.4, 0.5) is 0 Å². The first kappa shape index (κ1) is 15.0. The van der Waals surface area contributed by atoms with Crippen molar-refractivity contribution in [2.24, 2.45) is 11.8 Å². The molecule has 0 aromatic heterocycles. The molecule has 0 radical (unpaired) electrons. The molecule has 2 heteroatoms. The van der Waals surface area contributed by atoms with Gasteiger partial charge in [0.15, 0.2) is 0 Å². The maximum Gasteiger partial charge on any atom is 0.0558 e. The molecule has 1 N–H and O–H groups in total. The third kappa shape index (κ3) is 4.97. The monoisotopic (exact) mass is 241 g/mol. The van der Waals surface area contributed by atoms with Gasteiger partial charge >= 0.3 is 0 Å². The average Bonchev–Trinajstić information content (AvgIpc) is 2.21. The van der Waals surface area contributed by atoms with Crippen LogP contribution in [0.2, 0.25) is 0 Å². The summed E-state index contributed by atoms with van der Waals surface area (Å²) in [6.45, 7) is 10.4. The number of nitrogens with zero attached hydrogens (tertiary/aromatic N) is 1. The lowest BCUT2D eigenvalue weighted by Crippen LogP contribution is -2.48. The zero-order valence-corrected chi connectivity index (χ0v) is 12.2. The van der Waals surface area contributed by atoms with Crippen molar-refractivity contribution in [1.82, 2.24) is 4.90 Å². The Bertz CT molecular complexity index is 185. The van der Waals surface area contributed by atoms with E-state index in [2.05, 4.69) is 32.6 Å². The van der Waals surface area contributed by atoms with Crippen LogP contribution in [0.1, 0.15) is 59.8 Å². The average molecular weight is 241 g/mol. The van der Waals surface area contributed by atoms with Gasteiger partial charge in [-0.25, -0.2) is 0 Å². The number of likely N-dealkylation sites (tertiary alicyclic amines) is 1. The number of hydrogen-bond acceptors (Lipinski definition) is 2. The molecule has 0 bridgehead atoms. The molecule has 0 amide bonds. The second kappa shape index (κ2) is 7.38. The number of hydrogen-bond donors (Lipinski definition) is 1. The minimum absolute atomic E-state index is 0.309. The summed E-state index contributed by atoms with van der Waals surface area (Å²) in [5, 5.41) is 9.28. The molecule has 1 aliphatic rings. The van der Waals surface area contributed by atoms with Gasteiger partial charge in [-0.1, -0.05) is 34.1 Å². The molecule has 1 aliphatic heterocycles. The van der Waals surface area contributed by atoms with Gasteiger partial charge in [0.2, 0.25) is 0 Å². The summed E-state index contributed by atoms with van der Waals surface area (Å²) < 4.78 is 0. The number of aliphatic hydroxyl groups excluding tert-OH is 1. The summed E-state index contributed by atoms with van der Waals surface area (Å²) in [4.78, 5) is 2.60. The molecular formula is C15H31NO. The van der Waals surface area contributed by atoms with Crippen molar-refractivity contribution in [2.75, 3.05) is 13.2 Å². The van der Waals surface area contributed by atoms with Crippen LogP contribution in [0, 0.1) is 11.8 Å². The van der Waals surface area contributed by atoms with Gasteiger partial charge in [0, 0.05) is 18.6 Å². The lowest BCUT2D eigenvalue weighted by molar-refractivity contribution is 0.0424. The molecule has 1 saturated heterocycles. The van der Waals surface area contributed by atoms with E-state index < -0.39 is 0 Å². The van der Waals surface area contributed by atoms with Gasteiger partial charge in [-0.3, -0.25) is 4.90 Å². The summed E-state index contributed by atoms with van der Waals surface area (Å²) in [5.41, 5.74) is 0. The van der Waals surface area contributed by atoms with Crippen LogP contribution >= 0.6 is 0 Å². The number of piperidine rings is 1. The maximum atomic E-state index is 9.28. The second-order valence-electron chi connectivity index (χ2n) is 6.46. The Morgan fingerprint density at radius 3 is 1.82 bits per heavy atom. The molecule has 2 nitrogen and oxygen atoms in total. The van der Waals surface area contributed by atoms with Crippen LogP contribution < -0.4 is 0 Å². The fraction of sp³-hybridized carbons (Fsp3) is 1.00. The molecule has 0 saturated carbocycles. The minimum Gasteiger partial charge on any atom is -0.395 e. The van der Waals surface area contributed by atoms with Crippen LogP contribution in [0.5, 0.6) is 0 Å². The van der Waals surface area contributed by atoms with Gasteiger partial charge in [-0.05, 0) is 37.5 Å². The number of β-amino-alcohol motifs (C(OH)–C–C–N with tert-alkyl or cyclic N) is 1. The molecule has 2 atom stereocenters. The summed E-state index contributed by atoms with van der Waals surface area (Å²) in [5.74, 6) is 1.53. The molecule has 0 aromatic rings. The first-order valence-electron chi connectivity index (χ1n) is 7.41. The summed E-state index contributed by atoms with van der Waals surface area (Å²) >= 11 is 0. The van der Waals surface area contributed by atoms with Crippen LogP contribution in [0.15, 0.2) is 0 Å². The van der Waals surface area contributed by atoms with Gasteiger partial charge in [-0.2, -0.15) is 0 Å². The van der Waals surface area contributed by atoms with Gasteiger partial charge in [0.1, 0.15) is 0 Å². The maximum absolute atomic E-state index is 9.28. The summed E-state index contributed by atoms with van der Waals surface area (Å²) in [6, 6.07) is 1.42. The Morgan fingerprint density at radius 2 is 1.47 bits per heavy atom. The second-order valence-corrected chi connectivity index (χ2v) is 6.46. The third-order valence-corrected chi connectivity index (χ3v) is 3.86. The topological polar surface area (TPSA) is 23.5 Å². The molecule has 1 rings (SSSR count). The summed E-state index contributed by atoms with van der Waals surface area (Å²) in [6.07, 6.45) is 6.60. The Labute approximate surface area is 107 Å². The third-order valence-electron chi connectivity index (χ3n) is 3.86. The molecule has 102 valence electrons. The lowest BCUT2D eigenvalue weighted by Gasteiger charge is -2.43. The Kier molecular flexibility index (Phi) is 6.50. The quantitative estimate of drug-likeness (QED) is 0.771.